The van der Waals surface area contributed by atoms with E-state index in [1.807, 2.05) is 0 Å². The van der Waals surface area contributed by atoms with Gasteiger partial charge in [0.2, 0.25) is 0 Å². The van der Waals surface area contributed by atoms with Crippen molar-refractivity contribution >= 4 is 11.6 Å². The molecule has 0 spiro atoms. The van der Waals surface area contributed by atoms with E-state index in [2.05, 4.69) is 10.4 Å². The molecule has 1 saturated carbocycles. The van der Waals surface area contributed by atoms with Crippen LogP contribution in [0, 0.1) is 10.1 Å². The summed E-state index contributed by atoms with van der Waals surface area (Å²) in [6.07, 6.45) is 7.47. The number of non-ortho nitro benzene ring substituents is 1. The minimum atomic E-state index is -0.817. The molecule has 0 aliphatic heterocycles. The Balaban J connectivity index is 1.64. The van der Waals surface area contributed by atoms with Gasteiger partial charge in [-0.25, -0.2) is 4.68 Å². The van der Waals surface area contributed by atoms with Gasteiger partial charge < -0.3 is 10.4 Å². The summed E-state index contributed by atoms with van der Waals surface area (Å²) in [4.78, 5) is 22.5. The molecule has 0 radical (unpaired) electrons. The van der Waals surface area contributed by atoms with Crippen LogP contribution in [0.25, 0.3) is 5.69 Å². The van der Waals surface area contributed by atoms with Gasteiger partial charge in [0.05, 0.1) is 28.0 Å². The van der Waals surface area contributed by atoms with Gasteiger partial charge in [-0.15, -0.1) is 0 Å². The lowest BCUT2D eigenvalue weighted by Crippen LogP contribution is -2.44. The van der Waals surface area contributed by atoms with Crippen molar-refractivity contribution in [2.75, 3.05) is 6.54 Å². The molecule has 2 aromatic rings. The van der Waals surface area contributed by atoms with E-state index in [0.717, 1.165) is 19.3 Å². The van der Waals surface area contributed by atoms with Crippen molar-refractivity contribution in [3.05, 3.63) is 52.3 Å². The molecule has 132 valence electrons. The van der Waals surface area contributed by atoms with Gasteiger partial charge in [-0.05, 0) is 25.0 Å². The summed E-state index contributed by atoms with van der Waals surface area (Å²) in [5.41, 5.74) is 0.172. The van der Waals surface area contributed by atoms with E-state index in [9.17, 15) is 20.0 Å². The quantitative estimate of drug-likeness (QED) is 0.638. The number of nitrogens with one attached hydrogen (secondary N) is 1. The molecule has 0 atom stereocenters. The van der Waals surface area contributed by atoms with Crippen molar-refractivity contribution in [2.45, 2.75) is 37.7 Å². The molecule has 8 nitrogen and oxygen atoms in total. The average Bonchev–Trinajstić information content (AvgIpc) is 3.11. The molecule has 25 heavy (non-hydrogen) atoms. The van der Waals surface area contributed by atoms with Gasteiger partial charge in [0.25, 0.3) is 11.6 Å². The van der Waals surface area contributed by atoms with Crippen molar-refractivity contribution in [1.29, 1.82) is 0 Å². The molecule has 1 heterocycles. The molecular formula is C17H20N4O4. The lowest BCUT2D eigenvalue weighted by atomic mass is 9.85. The second kappa shape index (κ2) is 7.02. The Morgan fingerprint density at radius 1 is 1.28 bits per heavy atom. The second-order valence-corrected chi connectivity index (χ2v) is 6.41. The molecule has 1 aliphatic rings. The van der Waals surface area contributed by atoms with Crippen LogP contribution in [0.3, 0.4) is 0 Å². The monoisotopic (exact) mass is 344 g/mol. The molecule has 1 aliphatic carbocycles. The van der Waals surface area contributed by atoms with Crippen molar-refractivity contribution in [3.8, 4) is 5.69 Å². The maximum Gasteiger partial charge on any atom is 0.269 e. The van der Waals surface area contributed by atoms with Crippen LogP contribution in [-0.2, 0) is 0 Å². The normalized spacial score (nSPS) is 16.4. The van der Waals surface area contributed by atoms with Crippen LogP contribution in [0.15, 0.2) is 36.7 Å². The van der Waals surface area contributed by atoms with E-state index >= 15 is 0 Å². The summed E-state index contributed by atoms with van der Waals surface area (Å²) in [5, 5.41) is 28.0. The first-order valence-corrected chi connectivity index (χ1v) is 8.27. The third-order valence-electron chi connectivity index (χ3n) is 4.53. The zero-order chi connectivity index (χ0) is 17.9. The molecule has 1 aromatic heterocycles. The fourth-order valence-corrected chi connectivity index (χ4v) is 3.04. The van der Waals surface area contributed by atoms with E-state index in [4.69, 9.17) is 0 Å². The number of rotatable bonds is 5. The maximum absolute atomic E-state index is 12.3. The third kappa shape index (κ3) is 4.03. The first-order valence-electron chi connectivity index (χ1n) is 8.27. The van der Waals surface area contributed by atoms with Crippen LogP contribution in [0.5, 0.6) is 0 Å². The molecule has 0 bridgehead atoms. The predicted octanol–water partition coefficient (Wildman–Crippen LogP) is 2.21. The van der Waals surface area contributed by atoms with Gasteiger partial charge in [-0.2, -0.15) is 5.10 Å². The summed E-state index contributed by atoms with van der Waals surface area (Å²) in [6, 6.07) is 5.90. The Morgan fingerprint density at radius 3 is 2.60 bits per heavy atom. The number of benzene rings is 1. The van der Waals surface area contributed by atoms with Crippen LogP contribution >= 0.6 is 0 Å². The molecule has 3 rings (SSSR count). The molecular weight excluding hydrogens is 324 g/mol. The van der Waals surface area contributed by atoms with Crippen LogP contribution in [0.1, 0.15) is 42.5 Å². The molecule has 1 fully saturated rings. The SMILES string of the molecule is O=C(NCC1(O)CCCCC1)c1cnn(-c2ccc([N+](=O)[O-])cc2)c1. The number of nitro benzene ring substituents is 1. The first-order chi connectivity index (χ1) is 12.0. The van der Waals surface area contributed by atoms with Gasteiger partial charge in [0.15, 0.2) is 0 Å². The average molecular weight is 344 g/mol. The third-order valence-corrected chi connectivity index (χ3v) is 4.53. The minimum Gasteiger partial charge on any atom is -0.388 e. The van der Waals surface area contributed by atoms with E-state index in [0.29, 0.717) is 24.1 Å². The van der Waals surface area contributed by atoms with Gasteiger partial charge in [0.1, 0.15) is 0 Å². The highest BCUT2D eigenvalue weighted by molar-refractivity contribution is 5.93. The largest absolute Gasteiger partial charge is 0.388 e. The van der Waals surface area contributed by atoms with Gasteiger partial charge in [-0.1, -0.05) is 19.3 Å². The van der Waals surface area contributed by atoms with Gasteiger partial charge in [0, 0.05) is 24.9 Å². The minimum absolute atomic E-state index is 0.00500. The number of carbonyl (C=O) groups is 1. The Labute approximate surface area is 144 Å². The fourth-order valence-electron chi connectivity index (χ4n) is 3.04. The van der Waals surface area contributed by atoms with Crippen molar-refractivity contribution in [3.63, 3.8) is 0 Å². The molecule has 2 N–H and O–H groups in total. The zero-order valence-corrected chi connectivity index (χ0v) is 13.7. The summed E-state index contributed by atoms with van der Waals surface area (Å²) < 4.78 is 1.48. The molecule has 0 saturated heterocycles. The highest BCUT2D eigenvalue weighted by Gasteiger charge is 2.29. The second-order valence-electron chi connectivity index (χ2n) is 6.41. The standard InChI is InChI=1S/C17H20N4O4/c22-16(18-12-17(23)8-2-1-3-9-17)13-10-19-20(11-13)14-4-6-15(7-5-14)21(24)25/h4-7,10-11,23H,1-3,8-9,12H2,(H,18,22). The number of hydrogen-bond donors (Lipinski definition) is 2. The van der Waals surface area contributed by atoms with Crippen LogP contribution in [0.2, 0.25) is 0 Å². The van der Waals surface area contributed by atoms with Crippen LogP contribution < -0.4 is 5.32 Å². The molecule has 0 unspecified atom stereocenters. The summed E-state index contributed by atoms with van der Waals surface area (Å²) in [7, 11) is 0. The summed E-state index contributed by atoms with van der Waals surface area (Å²) in [5.74, 6) is -0.299. The smallest absolute Gasteiger partial charge is 0.269 e. The Kier molecular flexibility index (Phi) is 4.80. The van der Waals surface area contributed by atoms with Gasteiger partial charge >= 0.3 is 0 Å². The van der Waals surface area contributed by atoms with Crippen molar-refractivity contribution in [1.82, 2.24) is 15.1 Å². The Bertz CT molecular complexity index is 763. The highest BCUT2D eigenvalue weighted by Crippen LogP contribution is 2.27. The Morgan fingerprint density at radius 2 is 1.96 bits per heavy atom. The van der Waals surface area contributed by atoms with E-state index < -0.39 is 10.5 Å². The zero-order valence-electron chi connectivity index (χ0n) is 13.7. The summed E-state index contributed by atoms with van der Waals surface area (Å²) >= 11 is 0. The van der Waals surface area contributed by atoms with Crippen molar-refractivity contribution < 1.29 is 14.8 Å². The summed E-state index contributed by atoms with van der Waals surface area (Å²) in [6.45, 7) is 0.231. The first kappa shape index (κ1) is 17.1. The van der Waals surface area contributed by atoms with E-state index in [-0.39, 0.29) is 18.1 Å². The topological polar surface area (TPSA) is 110 Å². The molecule has 1 aromatic carbocycles. The van der Waals surface area contributed by atoms with Crippen LogP contribution in [0.4, 0.5) is 5.69 Å². The van der Waals surface area contributed by atoms with Crippen LogP contribution in [-0.4, -0.2) is 37.9 Å². The van der Waals surface area contributed by atoms with E-state index in [1.54, 1.807) is 18.3 Å². The number of amides is 1. The predicted molar refractivity (Wildman–Crippen MR) is 90.6 cm³/mol. The van der Waals surface area contributed by atoms with Crippen molar-refractivity contribution in [2.24, 2.45) is 0 Å². The maximum atomic E-state index is 12.3. The molecule has 1 amide bonds. The van der Waals surface area contributed by atoms with Gasteiger partial charge in [-0.3, -0.25) is 14.9 Å². The lowest BCUT2D eigenvalue weighted by molar-refractivity contribution is -0.384. The number of hydrogen-bond acceptors (Lipinski definition) is 5. The number of aromatic nitrogens is 2. The van der Waals surface area contributed by atoms with E-state index in [1.165, 1.54) is 23.0 Å². The number of nitro groups is 1. The number of nitrogens with zero attached hydrogens (tertiary/aromatic N) is 3. The Hall–Kier alpha value is -2.74. The lowest BCUT2D eigenvalue weighted by Gasteiger charge is -2.32. The fraction of sp³-hybridized carbons (Fsp3) is 0.412. The molecule has 8 heteroatoms. The number of carbonyl (C=O) groups excluding carboxylic acids is 1. The highest BCUT2D eigenvalue weighted by atomic mass is 16.6. The number of aliphatic hydroxyl groups is 1.